The van der Waals surface area contributed by atoms with Gasteiger partial charge in [-0.15, -0.1) is 0 Å². The molecule has 0 aliphatic heterocycles. The fourth-order valence-corrected chi connectivity index (χ4v) is 3.03. The molecule has 0 fully saturated rings. The molecular formula is C16H20N4S. The van der Waals surface area contributed by atoms with Gasteiger partial charge in [0.2, 0.25) is 0 Å². The van der Waals surface area contributed by atoms with Gasteiger partial charge in [-0.2, -0.15) is 0 Å². The van der Waals surface area contributed by atoms with Gasteiger partial charge in [-0.3, -0.25) is 0 Å². The summed E-state index contributed by atoms with van der Waals surface area (Å²) in [6.07, 6.45) is 3.15. The van der Waals surface area contributed by atoms with E-state index in [4.69, 9.17) is 0 Å². The molecule has 1 aliphatic rings. The number of aromatic nitrogens is 2. The molecule has 4 nitrogen and oxygen atoms in total. The number of rotatable bonds is 6. The zero-order chi connectivity index (χ0) is 14.7. The van der Waals surface area contributed by atoms with Gasteiger partial charge < -0.3 is 10.6 Å². The standard InChI is InChI=1S/C16H20N4S/c1-3-17-14-9-15(20-16(19-14)21-2)18-10-12-8-11-6-4-5-7-13(11)12/h4-7,9,12H,3,8,10H2,1-2H3,(H2,17,18,19,20). The molecule has 2 N–H and O–H groups in total. The normalized spacial score (nSPS) is 16.0. The molecule has 0 amide bonds. The summed E-state index contributed by atoms with van der Waals surface area (Å²) in [7, 11) is 0. The number of anilines is 2. The predicted molar refractivity (Wildman–Crippen MR) is 89.4 cm³/mol. The Hall–Kier alpha value is -1.75. The average Bonchev–Trinajstić information content (AvgIpc) is 2.48. The van der Waals surface area contributed by atoms with Crippen LogP contribution in [-0.4, -0.2) is 29.3 Å². The SMILES string of the molecule is CCNc1cc(NCC2Cc3ccccc32)nc(SC)n1. The third kappa shape index (κ3) is 3.13. The zero-order valence-corrected chi connectivity index (χ0v) is 13.2. The summed E-state index contributed by atoms with van der Waals surface area (Å²) in [6.45, 7) is 3.85. The maximum atomic E-state index is 4.52. The van der Waals surface area contributed by atoms with Crippen molar-refractivity contribution in [3.63, 3.8) is 0 Å². The van der Waals surface area contributed by atoms with Gasteiger partial charge in [-0.1, -0.05) is 36.0 Å². The van der Waals surface area contributed by atoms with Crippen LogP contribution in [0.2, 0.25) is 0 Å². The molecule has 0 radical (unpaired) electrons. The van der Waals surface area contributed by atoms with E-state index in [0.29, 0.717) is 5.92 Å². The van der Waals surface area contributed by atoms with Crippen molar-refractivity contribution in [3.05, 3.63) is 41.5 Å². The lowest BCUT2D eigenvalue weighted by Crippen LogP contribution is -2.24. The highest BCUT2D eigenvalue weighted by atomic mass is 32.2. The third-order valence-corrected chi connectivity index (χ3v) is 4.28. The van der Waals surface area contributed by atoms with E-state index in [1.54, 1.807) is 11.8 Å². The molecule has 1 aliphatic carbocycles. The van der Waals surface area contributed by atoms with Crippen LogP contribution in [0.1, 0.15) is 24.0 Å². The Bertz CT molecular complexity index is 629. The fraction of sp³-hybridized carbons (Fsp3) is 0.375. The third-order valence-electron chi connectivity index (χ3n) is 3.74. The summed E-state index contributed by atoms with van der Waals surface area (Å²) in [5, 5.41) is 7.50. The lowest BCUT2D eigenvalue weighted by atomic mass is 9.78. The monoisotopic (exact) mass is 300 g/mol. The summed E-state index contributed by atoms with van der Waals surface area (Å²) in [5.74, 6) is 2.37. The number of benzene rings is 1. The van der Waals surface area contributed by atoms with Gasteiger partial charge in [0.25, 0.3) is 0 Å². The first kappa shape index (κ1) is 14.2. The molecule has 1 aromatic heterocycles. The van der Waals surface area contributed by atoms with E-state index in [9.17, 15) is 0 Å². The summed E-state index contributed by atoms with van der Waals surface area (Å²) >= 11 is 1.56. The molecule has 3 rings (SSSR count). The van der Waals surface area contributed by atoms with E-state index in [2.05, 4.69) is 51.8 Å². The van der Waals surface area contributed by atoms with E-state index in [1.807, 2.05) is 12.3 Å². The van der Waals surface area contributed by atoms with Gasteiger partial charge in [-0.25, -0.2) is 9.97 Å². The highest BCUT2D eigenvalue weighted by Crippen LogP contribution is 2.34. The Morgan fingerprint density at radius 1 is 1.19 bits per heavy atom. The average molecular weight is 300 g/mol. The molecule has 1 heterocycles. The molecule has 110 valence electrons. The van der Waals surface area contributed by atoms with E-state index in [-0.39, 0.29) is 0 Å². The highest BCUT2D eigenvalue weighted by molar-refractivity contribution is 7.98. The van der Waals surface area contributed by atoms with Crippen LogP contribution >= 0.6 is 11.8 Å². The van der Waals surface area contributed by atoms with Gasteiger partial charge in [0.05, 0.1) is 0 Å². The number of nitrogens with one attached hydrogen (secondary N) is 2. The summed E-state index contributed by atoms with van der Waals surface area (Å²) in [5.41, 5.74) is 2.95. The Kier molecular flexibility index (Phi) is 4.29. The van der Waals surface area contributed by atoms with Crippen molar-refractivity contribution in [2.75, 3.05) is 30.0 Å². The van der Waals surface area contributed by atoms with Crippen LogP contribution in [-0.2, 0) is 6.42 Å². The van der Waals surface area contributed by atoms with Crippen molar-refractivity contribution in [1.29, 1.82) is 0 Å². The molecule has 0 saturated heterocycles. The second kappa shape index (κ2) is 6.35. The Morgan fingerprint density at radius 3 is 2.67 bits per heavy atom. The smallest absolute Gasteiger partial charge is 0.191 e. The second-order valence-electron chi connectivity index (χ2n) is 5.14. The summed E-state index contributed by atoms with van der Waals surface area (Å²) in [4.78, 5) is 8.96. The van der Waals surface area contributed by atoms with Crippen molar-refractivity contribution in [2.45, 2.75) is 24.4 Å². The van der Waals surface area contributed by atoms with Crippen LogP contribution in [0.15, 0.2) is 35.5 Å². The Morgan fingerprint density at radius 2 is 1.95 bits per heavy atom. The maximum Gasteiger partial charge on any atom is 0.191 e. The molecule has 2 aromatic rings. The summed E-state index contributed by atoms with van der Waals surface area (Å²) in [6, 6.07) is 10.6. The second-order valence-corrected chi connectivity index (χ2v) is 5.91. The molecule has 1 unspecified atom stereocenters. The molecule has 0 saturated carbocycles. The number of hydrogen-bond acceptors (Lipinski definition) is 5. The number of nitrogens with zero attached hydrogens (tertiary/aromatic N) is 2. The molecule has 0 spiro atoms. The lowest BCUT2D eigenvalue weighted by Gasteiger charge is -2.30. The van der Waals surface area contributed by atoms with Crippen LogP contribution in [0.3, 0.4) is 0 Å². The van der Waals surface area contributed by atoms with Gasteiger partial charge in [0.1, 0.15) is 11.6 Å². The number of hydrogen-bond donors (Lipinski definition) is 2. The van der Waals surface area contributed by atoms with Crippen molar-refractivity contribution in [3.8, 4) is 0 Å². The zero-order valence-electron chi connectivity index (χ0n) is 12.4. The van der Waals surface area contributed by atoms with Crippen LogP contribution in [0.4, 0.5) is 11.6 Å². The van der Waals surface area contributed by atoms with E-state index < -0.39 is 0 Å². The van der Waals surface area contributed by atoms with Crippen LogP contribution in [0.5, 0.6) is 0 Å². The van der Waals surface area contributed by atoms with Crippen LogP contribution in [0, 0.1) is 0 Å². The van der Waals surface area contributed by atoms with Crippen molar-refractivity contribution in [2.24, 2.45) is 0 Å². The predicted octanol–water partition coefficient (Wildman–Crippen LogP) is 3.38. The highest BCUT2D eigenvalue weighted by Gasteiger charge is 2.25. The van der Waals surface area contributed by atoms with Gasteiger partial charge >= 0.3 is 0 Å². The first-order chi connectivity index (χ1) is 10.3. The van der Waals surface area contributed by atoms with E-state index >= 15 is 0 Å². The van der Waals surface area contributed by atoms with Crippen molar-refractivity contribution >= 4 is 23.4 Å². The fourth-order valence-electron chi connectivity index (χ4n) is 2.65. The molecule has 0 bridgehead atoms. The minimum atomic E-state index is 0.594. The summed E-state index contributed by atoms with van der Waals surface area (Å²) < 4.78 is 0. The van der Waals surface area contributed by atoms with Gasteiger partial charge in [0.15, 0.2) is 5.16 Å². The lowest BCUT2D eigenvalue weighted by molar-refractivity contribution is 0.634. The van der Waals surface area contributed by atoms with Crippen molar-refractivity contribution in [1.82, 2.24) is 9.97 Å². The van der Waals surface area contributed by atoms with Crippen molar-refractivity contribution < 1.29 is 0 Å². The topological polar surface area (TPSA) is 49.8 Å². The van der Waals surface area contributed by atoms with Gasteiger partial charge in [-0.05, 0) is 30.7 Å². The molecule has 1 aromatic carbocycles. The molecule has 1 atom stereocenters. The Balaban J connectivity index is 1.67. The molecular weight excluding hydrogens is 280 g/mol. The minimum Gasteiger partial charge on any atom is -0.370 e. The van der Waals surface area contributed by atoms with Gasteiger partial charge in [0, 0.05) is 25.1 Å². The Labute approximate surface area is 129 Å². The number of fused-ring (bicyclic) bond motifs is 1. The first-order valence-electron chi connectivity index (χ1n) is 7.28. The quantitative estimate of drug-likeness (QED) is 0.632. The maximum absolute atomic E-state index is 4.52. The minimum absolute atomic E-state index is 0.594. The first-order valence-corrected chi connectivity index (χ1v) is 8.51. The van der Waals surface area contributed by atoms with Crippen LogP contribution in [0.25, 0.3) is 0 Å². The number of thioether (sulfide) groups is 1. The van der Waals surface area contributed by atoms with Crippen LogP contribution < -0.4 is 10.6 Å². The van der Waals surface area contributed by atoms with E-state index in [0.717, 1.165) is 36.3 Å². The largest absolute Gasteiger partial charge is 0.370 e. The molecule has 5 heteroatoms. The molecule has 21 heavy (non-hydrogen) atoms. The van der Waals surface area contributed by atoms with E-state index in [1.165, 1.54) is 11.1 Å².